The fraction of sp³-hybridized carbons (Fsp3) is 0.125. The SMILES string of the molecule is O=C(O)c1ccc(C(Cc2cccc(Cl)c2)C(=O)O)cc1. The third-order valence-electron chi connectivity index (χ3n) is 3.19. The molecule has 2 rings (SSSR count). The van der Waals surface area contributed by atoms with Gasteiger partial charge in [0.2, 0.25) is 0 Å². The van der Waals surface area contributed by atoms with Gasteiger partial charge in [0.25, 0.3) is 0 Å². The van der Waals surface area contributed by atoms with Gasteiger partial charge in [-0.05, 0) is 41.8 Å². The van der Waals surface area contributed by atoms with Crippen LogP contribution in [-0.2, 0) is 11.2 Å². The van der Waals surface area contributed by atoms with Crippen molar-refractivity contribution in [1.29, 1.82) is 0 Å². The summed E-state index contributed by atoms with van der Waals surface area (Å²) in [5.41, 5.74) is 1.51. The van der Waals surface area contributed by atoms with Crippen LogP contribution in [0.1, 0.15) is 27.4 Å². The summed E-state index contributed by atoms with van der Waals surface area (Å²) < 4.78 is 0. The minimum Gasteiger partial charge on any atom is -0.481 e. The van der Waals surface area contributed by atoms with Crippen molar-refractivity contribution in [3.63, 3.8) is 0 Å². The first-order valence-electron chi connectivity index (χ1n) is 6.28. The Morgan fingerprint density at radius 3 is 2.24 bits per heavy atom. The quantitative estimate of drug-likeness (QED) is 0.887. The van der Waals surface area contributed by atoms with Crippen LogP contribution in [0.4, 0.5) is 0 Å². The molecular weight excluding hydrogens is 292 g/mol. The highest BCUT2D eigenvalue weighted by Gasteiger charge is 2.20. The molecule has 0 radical (unpaired) electrons. The maximum absolute atomic E-state index is 11.5. The van der Waals surface area contributed by atoms with E-state index < -0.39 is 17.9 Å². The molecule has 4 nitrogen and oxygen atoms in total. The molecule has 21 heavy (non-hydrogen) atoms. The Bertz CT molecular complexity index is 664. The number of carbonyl (C=O) groups is 2. The highest BCUT2D eigenvalue weighted by atomic mass is 35.5. The molecule has 0 aliphatic rings. The number of carboxylic acids is 2. The maximum Gasteiger partial charge on any atom is 0.335 e. The first-order valence-corrected chi connectivity index (χ1v) is 6.65. The van der Waals surface area contributed by atoms with Gasteiger partial charge in [-0.3, -0.25) is 4.79 Å². The summed E-state index contributed by atoms with van der Waals surface area (Å²) in [4.78, 5) is 22.3. The molecule has 108 valence electrons. The lowest BCUT2D eigenvalue weighted by Crippen LogP contribution is -2.14. The Kier molecular flexibility index (Phi) is 4.60. The van der Waals surface area contributed by atoms with Crippen LogP contribution in [0.5, 0.6) is 0 Å². The van der Waals surface area contributed by atoms with Gasteiger partial charge in [0.05, 0.1) is 11.5 Å². The predicted molar refractivity (Wildman–Crippen MR) is 78.9 cm³/mol. The number of halogens is 1. The molecule has 0 aliphatic heterocycles. The Morgan fingerprint density at radius 2 is 1.71 bits per heavy atom. The molecule has 0 saturated heterocycles. The molecule has 1 atom stereocenters. The Labute approximate surface area is 126 Å². The maximum atomic E-state index is 11.5. The van der Waals surface area contributed by atoms with Gasteiger partial charge in [-0.15, -0.1) is 0 Å². The standard InChI is InChI=1S/C16H13ClO4/c17-13-3-1-2-10(8-13)9-14(16(20)21)11-4-6-12(7-5-11)15(18)19/h1-8,14H,9H2,(H,18,19)(H,20,21). The van der Waals surface area contributed by atoms with Gasteiger partial charge in [0, 0.05) is 5.02 Å². The normalized spacial score (nSPS) is 11.9. The lowest BCUT2D eigenvalue weighted by molar-refractivity contribution is -0.138. The monoisotopic (exact) mass is 304 g/mol. The third kappa shape index (κ3) is 3.83. The van der Waals surface area contributed by atoms with Crippen molar-refractivity contribution in [1.82, 2.24) is 0 Å². The topological polar surface area (TPSA) is 74.6 Å². The van der Waals surface area contributed by atoms with Crippen molar-refractivity contribution in [2.75, 3.05) is 0 Å². The molecule has 0 fully saturated rings. The van der Waals surface area contributed by atoms with Gasteiger partial charge in [0.15, 0.2) is 0 Å². The average molecular weight is 305 g/mol. The smallest absolute Gasteiger partial charge is 0.335 e. The van der Waals surface area contributed by atoms with Crippen LogP contribution in [-0.4, -0.2) is 22.2 Å². The van der Waals surface area contributed by atoms with E-state index >= 15 is 0 Å². The largest absolute Gasteiger partial charge is 0.481 e. The first-order chi connectivity index (χ1) is 9.97. The number of benzene rings is 2. The first kappa shape index (κ1) is 15.1. The molecule has 0 aliphatic carbocycles. The molecular formula is C16H13ClO4. The number of hydrogen-bond donors (Lipinski definition) is 2. The zero-order chi connectivity index (χ0) is 15.4. The van der Waals surface area contributed by atoms with Gasteiger partial charge >= 0.3 is 11.9 Å². The number of hydrogen-bond acceptors (Lipinski definition) is 2. The molecule has 0 aromatic heterocycles. The second kappa shape index (κ2) is 6.41. The minimum absolute atomic E-state index is 0.130. The van der Waals surface area contributed by atoms with Gasteiger partial charge < -0.3 is 10.2 Å². The second-order valence-electron chi connectivity index (χ2n) is 4.65. The van der Waals surface area contributed by atoms with Crippen LogP contribution in [0, 0.1) is 0 Å². The zero-order valence-electron chi connectivity index (χ0n) is 11.0. The summed E-state index contributed by atoms with van der Waals surface area (Å²) >= 11 is 5.90. The lowest BCUT2D eigenvalue weighted by Gasteiger charge is -2.13. The highest BCUT2D eigenvalue weighted by Crippen LogP contribution is 2.23. The van der Waals surface area contributed by atoms with Gasteiger partial charge in [-0.25, -0.2) is 4.79 Å². The van der Waals surface area contributed by atoms with E-state index in [1.54, 1.807) is 18.2 Å². The van der Waals surface area contributed by atoms with Crippen molar-refractivity contribution < 1.29 is 19.8 Å². The molecule has 2 aromatic carbocycles. The van der Waals surface area contributed by atoms with E-state index in [1.165, 1.54) is 24.3 Å². The molecule has 2 N–H and O–H groups in total. The Hall–Kier alpha value is -2.33. The summed E-state index contributed by atoms with van der Waals surface area (Å²) in [6, 6.07) is 12.9. The van der Waals surface area contributed by atoms with E-state index in [4.69, 9.17) is 16.7 Å². The van der Waals surface area contributed by atoms with Gasteiger partial charge in [-0.2, -0.15) is 0 Å². The molecule has 0 heterocycles. The minimum atomic E-state index is -1.04. The average Bonchev–Trinajstić information content (AvgIpc) is 2.44. The van der Waals surface area contributed by atoms with Gasteiger partial charge in [-0.1, -0.05) is 35.9 Å². The van der Waals surface area contributed by atoms with E-state index in [2.05, 4.69) is 0 Å². The molecule has 0 spiro atoms. The number of aliphatic carboxylic acids is 1. The Balaban J connectivity index is 2.26. The third-order valence-corrected chi connectivity index (χ3v) is 3.42. The van der Waals surface area contributed by atoms with Crippen LogP contribution in [0.3, 0.4) is 0 Å². The van der Waals surface area contributed by atoms with E-state index in [9.17, 15) is 14.7 Å². The van der Waals surface area contributed by atoms with Crippen LogP contribution in [0.25, 0.3) is 0 Å². The van der Waals surface area contributed by atoms with E-state index in [0.29, 0.717) is 17.0 Å². The van der Waals surface area contributed by atoms with Crippen molar-refractivity contribution in [3.05, 3.63) is 70.2 Å². The summed E-state index contributed by atoms with van der Waals surface area (Å²) in [5, 5.41) is 18.8. The van der Waals surface area contributed by atoms with E-state index in [1.807, 2.05) is 6.07 Å². The van der Waals surface area contributed by atoms with Crippen molar-refractivity contribution in [2.24, 2.45) is 0 Å². The zero-order valence-corrected chi connectivity index (χ0v) is 11.7. The summed E-state index contributed by atoms with van der Waals surface area (Å²) in [7, 11) is 0. The van der Waals surface area contributed by atoms with Crippen molar-refractivity contribution in [2.45, 2.75) is 12.3 Å². The fourth-order valence-corrected chi connectivity index (χ4v) is 2.32. The Morgan fingerprint density at radius 1 is 1.05 bits per heavy atom. The second-order valence-corrected chi connectivity index (χ2v) is 5.09. The van der Waals surface area contributed by atoms with Gasteiger partial charge in [0.1, 0.15) is 0 Å². The molecule has 1 unspecified atom stereocenters. The van der Waals surface area contributed by atoms with Crippen LogP contribution in [0.2, 0.25) is 5.02 Å². The molecule has 0 bridgehead atoms. The van der Waals surface area contributed by atoms with Crippen molar-refractivity contribution in [3.8, 4) is 0 Å². The highest BCUT2D eigenvalue weighted by molar-refractivity contribution is 6.30. The fourth-order valence-electron chi connectivity index (χ4n) is 2.11. The van der Waals surface area contributed by atoms with E-state index in [0.717, 1.165) is 5.56 Å². The molecule has 0 saturated carbocycles. The van der Waals surface area contributed by atoms with Crippen molar-refractivity contribution >= 4 is 23.5 Å². The number of carboxylic acid groups (broad SMARTS) is 2. The van der Waals surface area contributed by atoms with Crippen LogP contribution in [0.15, 0.2) is 48.5 Å². The van der Waals surface area contributed by atoms with Crippen LogP contribution < -0.4 is 0 Å². The summed E-state index contributed by atoms with van der Waals surface area (Å²) in [6.45, 7) is 0. The van der Waals surface area contributed by atoms with Crippen LogP contribution >= 0.6 is 11.6 Å². The summed E-state index contributed by atoms with van der Waals surface area (Å²) in [6.07, 6.45) is 0.294. The number of rotatable bonds is 5. The predicted octanol–water partition coefficient (Wildman–Crippen LogP) is 3.45. The lowest BCUT2D eigenvalue weighted by atomic mass is 9.91. The van der Waals surface area contributed by atoms with E-state index in [-0.39, 0.29) is 5.56 Å². The summed E-state index contributed by atoms with van der Waals surface area (Å²) in [5.74, 6) is -2.74. The number of aromatic carboxylic acids is 1. The molecule has 0 amide bonds. The molecule has 2 aromatic rings. The molecule has 5 heteroatoms.